The number of thioether (sulfide) groups is 2. The van der Waals surface area contributed by atoms with Crippen molar-refractivity contribution in [3.8, 4) is 0 Å². The molecule has 1 aliphatic rings. The first-order chi connectivity index (χ1) is 6.73. The van der Waals surface area contributed by atoms with Gasteiger partial charge < -0.3 is 5.32 Å². The Morgan fingerprint density at radius 2 is 1.86 bits per heavy atom. The molecule has 1 aromatic carbocycles. The number of hydrogen-bond donors (Lipinski definition) is 1. The number of ketones is 1. The van der Waals surface area contributed by atoms with Gasteiger partial charge in [0.1, 0.15) is 0 Å². The van der Waals surface area contributed by atoms with Crippen LogP contribution in [0.4, 0.5) is 5.69 Å². The highest BCUT2D eigenvalue weighted by Gasteiger charge is 2.44. The lowest BCUT2D eigenvalue weighted by molar-refractivity contribution is 0.0995. The fourth-order valence-electron chi connectivity index (χ4n) is 1.57. The van der Waals surface area contributed by atoms with Gasteiger partial charge in [0.25, 0.3) is 0 Å². The molecule has 0 unspecified atom stereocenters. The molecule has 0 saturated carbocycles. The lowest BCUT2D eigenvalue weighted by Crippen LogP contribution is -2.33. The fourth-order valence-corrected chi connectivity index (χ4v) is 3.25. The van der Waals surface area contributed by atoms with E-state index in [0.717, 1.165) is 11.3 Å². The zero-order chi connectivity index (χ0) is 10.2. The average Bonchev–Trinajstić information content (AvgIpc) is 2.53. The standard InChI is InChI=1S/C10H11NOS2/c1-13-10(14-2)9(12)7-5-3-4-6-8(7)11-10/h3-6,11H,1-2H3. The summed E-state index contributed by atoms with van der Waals surface area (Å²) >= 11 is 3.09. The quantitative estimate of drug-likeness (QED) is 0.784. The van der Waals surface area contributed by atoms with Gasteiger partial charge in [0.2, 0.25) is 5.78 Å². The third kappa shape index (κ3) is 1.25. The SMILES string of the molecule is CSC1(SC)Nc2ccccc2C1=O. The number of para-hydroxylation sites is 1. The molecule has 0 aliphatic carbocycles. The van der Waals surface area contributed by atoms with Gasteiger partial charge in [0.05, 0.1) is 0 Å². The minimum atomic E-state index is -0.510. The van der Waals surface area contributed by atoms with E-state index in [2.05, 4.69) is 5.32 Å². The molecule has 14 heavy (non-hydrogen) atoms. The minimum Gasteiger partial charge on any atom is -0.355 e. The summed E-state index contributed by atoms with van der Waals surface area (Å²) in [6.07, 6.45) is 3.90. The summed E-state index contributed by atoms with van der Waals surface area (Å²) in [4.78, 5) is 12.1. The monoisotopic (exact) mass is 225 g/mol. The average molecular weight is 225 g/mol. The molecule has 0 aromatic heterocycles. The van der Waals surface area contributed by atoms with Crippen molar-refractivity contribution >= 4 is 35.0 Å². The van der Waals surface area contributed by atoms with Crippen LogP contribution in [-0.2, 0) is 0 Å². The van der Waals surface area contributed by atoms with Crippen LogP contribution in [0.15, 0.2) is 24.3 Å². The Bertz CT molecular complexity index is 374. The van der Waals surface area contributed by atoms with E-state index in [9.17, 15) is 4.79 Å². The molecule has 0 atom stereocenters. The number of fused-ring (bicyclic) bond motifs is 1. The normalized spacial score (nSPS) is 17.7. The molecule has 74 valence electrons. The highest BCUT2D eigenvalue weighted by atomic mass is 32.2. The van der Waals surface area contributed by atoms with E-state index < -0.39 is 4.20 Å². The van der Waals surface area contributed by atoms with Crippen molar-refractivity contribution in [2.45, 2.75) is 4.20 Å². The van der Waals surface area contributed by atoms with Crippen molar-refractivity contribution in [1.82, 2.24) is 0 Å². The lowest BCUT2D eigenvalue weighted by atomic mass is 10.1. The Labute approximate surface area is 91.8 Å². The summed E-state index contributed by atoms with van der Waals surface area (Å²) in [6, 6.07) is 7.66. The molecule has 4 heteroatoms. The zero-order valence-corrected chi connectivity index (χ0v) is 9.67. The molecule has 1 N–H and O–H groups in total. The predicted molar refractivity (Wildman–Crippen MR) is 64.2 cm³/mol. The summed E-state index contributed by atoms with van der Waals surface area (Å²) in [5.41, 5.74) is 1.75. The molecule has 1 heterocycles. The Balaban J connectivity index is 2.47. The third-order valence-electron chi connectivity index (χ3n) is 2.34. The maximum atomic E-state index is 12.1. The number of anilines is 1. The van der Waals surface area contributed by atoms with E-state index in [-0.39, 0.29) is 5.78 Å². The van der Waals surface area contributed by atoms with Crippen LogP contribution in [-0.4, -0.2) is 22.5 Å². The molecule has 0 saturated heterocycles. The van der Waals surface area contributed by atoms with Crippen LogP contribution in [0.25, 0.3) is 0 Å². The number of carbonyl (C=O) groups is 1. The zero-order valence-electron chi connectivity index (χ0n) is 8.03. The predicted octanol–water partition coefficient (Wildman–Crippen LogP) is 2.67. The highest BCUT2D eigenvalue weighted by molar-refractivity contribution is 8.19. The Morgan fingerprint density at radius 1 is 1.21 bits per heavy atom. The molecule has 0 amide bonds. The fraction of sp³-hybridized carbons (Fsp3) is 0.300. The molecule has 1 aliphatic heterocycles. The largest absolute Gasteiger partial charge is 0.355 e. The highest BCUT2D eigenvalue weighted by Crippen LogP contribution is 2.44. The lowest BCUT2D eigenvalue weighted by Gasteiger charge is -2.23. The first-order valence-electron chi connectivity index (χ1n) is 4.26. The van der Waals surface area contributed by atoms with Gasteiger partial charge in [-0.1, -0.05) is 12.1 Å². The van der Waals surface area contributed by atoms with Gasteiger partial charge in [-0.05, 0) is 24.6 Å². The van der Waals surface area contributed by atoms with Gasteiger partial charge in [-0.15, -0.1) is 23.5 Å². The van der Waals surface area contributed by atoms with Crippen LogP contribution < -0.4 is 5.32 Å². The maximum Gasteiger partial charge on any atom is 0.211 e. The molecular formula is C10H11NOS2. The van der Waals surface area contributed by atoms with Gasteiger partial charge >= 0.3 is 0 Å². The van der Waals surface area contributed by atoms with E-state index in [0.29, 0.717) is 0 Å². The number of nitrogens with one attached hydrogen (secondary N) is 1. The summed E-state index contributed by atoms with van der Waals surface area (Å²) in [7, 11) is 0. The van der Waals surface area contributed by atoms with Gasteiger partial charge in [-0.3, -0.25) is 4.79 Å². The molecule has 1 aromatic rings. The van der Waals surface area contributed by atoms with Crippen LogP contribution in [0.5, 0.6) is 0 Å². The van der Waals surface area contributed by atoms with E-state index in [4.69, 9.17) is 0 Å². The van der Waals surface area contributed by atoms with Crippen LogP contribution in [0.2, 0.25) is 0 Å². The van der Waals surface area contributed by atoms with Crippen molar-refractivity contribution in [2.75, 3.05) is 17.8 Å². The number of rotatable bonds is 2. The summed E-state index contributed by atoms with van der Waals surface area (Å²) < 4.78 is -0.510. The molecule has 0 radical (unpaired) electrons. The molecule has 2 rings (SSSR count). The van der Waals surface area contributed by atoms with Crippen molar-refractivity contribution in [2.24, 2.45) is 0 Å². The van der Waals surface area contributed by atoms with Gasteiger partial charge in [0, 0.05) is 11.3 Å². The number of Topliss-reactive ketones (excluding diaryl/α,β-unsaturated/α-hetero) is 1. The van der Waals surface area contributed by atoms with E-state index in [1.807, 2.05) is 36.8 Å². The number of benzene rings is 1. The van der Waals surface area contributed by atoms with Crippen LogP contribution >= 0.6 is 23.5 Å². The Kier molecular flexibility index (Phi) is 2.49. The number of carbonyl (C=O) groups excluding carboxylic acids is 1. The molecule has 0 fully saturated rings. The van der Waals surface area contributed by atoms with Crippen LogP contribution in [0.3, 0.4) is 0 Å². The van der Waals surface area contributed by atoms with Crippen molar-refractivity contribution in [3.63, 3.8) is 0 Å². The first kappa shape index (κ1) is 9.93. The maximum absolute atomic E-state index is 12.1. The second-order valence-electron chi connectivity index (χ2n) is 3.02. The van der Waals surface area contributed by atoms with Crippen LogP contribution in [0.1, 0.15) is 10.4 Å². The van der Waals surface area contributed by atoms with E-state index in [1.165, 1.54) is 0 Å². The summed E-state index contributed by atoms with van der Waals surface area (Å²) in [6.45, 7) is 0. The van der Waals surface area contributed by atoms with Crippen molar-refractivity contribution in [1.29, 1.82) is 0 Å². The van der Waals surface area contributed by atoms with Gasteiger partial charge in [-0.25, -0.2) is 0 Å². The summed E-state index contributed by atoms with van der Waals surface area (Å²) in [5, 5.41) is 3.27. The van der Waals surface area contributed by atoms with E-state index in [1.54, 1.807) is 23.5 Å². The minimum absolute atomic E-state index is 0.174. The molecule has 2 nitrogen and oxygen atoms in total. The van der Waals surface area contributed by atoms with Crippen molar-refractivity contribution in [3.05, 3.63) is 29.8 Å². The van der Waals surface area contributed by atoms with Gasteiger partial charge in [-0.2, -0.15) is 0 Å². The molecule has 0 spiro atoms. The second-order valence-corrected chi connectivity index (χ2v) is 5.32. The summed E-state index contributed by atoms with van der Waals surface area (Å²) in [5.74, 6) is 0.174. The van der Waals surface area contributed by atoms with Crippen LogP contribution in [0, 0.1) is 0 Å². The number of hydrogen-bond acceptors (Lipinski definition) is 4. The Morgan fingerprint density at radius 3 is 2.43 bits per heavy atom. The topological polar surface area (TPSA) is 29.1 Å². The second kappa shape index (κ2) is 3.51. The third-order valence-corrected chi connectivity index (χ3v) is 5.07. The van der Waals surface area contributed by atoms with Crippen molar-refractivity contribution < 1.29 is 4.79 Å². The molecular weight excluding hydrogens is 214 g/mol. The van der Waals surface area contributed by atoms with E-state index >= 15 is 0 Å². The smallest absolute Gasteiger partial charge is 0.211 e. The first-order valence-corrected chi connectivity index (χ1v) is 6.71. The van der Waals surface area contributed by atoms with Gasteiger partial charge in [0.15, 0.2) is 4.20 Å². The molecule has 0 bridgehead atoms. The Hall–Kier alpha value is -0.610.